The number of aromatic nitrogens is 2. The maximum absolute atomic E-state index is 12.9. The Kier molecular flexibility index (Phi) is 5.14. The number of hydrogen-bond acceptors (Lipinski definition) is 5. The molecule has 2 heterocycles. The number of fused-ring (bicyclic) bond motifs is 1. The highest BCUT2D eigenvalue weighted by molar-refractivity contribution is 5.73. The van der Waals surface area contributed by atoms with Gasteiger partial charge in [0, 0.05) is 23.7 Å². The molecule has 0 spiro atoms. The molecule has 2 aliphatic rings. The van der Waals surface area contributed by atoms with E-state index in [1.54, 1.807) is 0 Å². The first-order valence-electron chi connectivity index (χ1n) is 9.70. The van der Waals surface area contributed by atoms with Crippen LogP contribution in [0.3, 0.4) is 0 Å². The minimum atomic E-state index is -4.50. The van der Waals surface area contributed by atoms with Gasteiger partial charge >= 0.3 is 6.18 Å². The molecular formula is C20H23F3N4O. The molecule has 0 amide bonds. The van der Waals surface area contributed by atoms with E-state index in [1.165, 1.54) is 6.07 Å². The van der Waals surface area contributed by atoms with Gasteiger partial charge in [0.15, 0.2) is 5.82 Å². The van der Waals surface area contributed by atoms with Crippen LogP contribution in [-0.4, -0.2) is 34.4 Å². The van der Waals surface area contributed by atoms with Crippen LogP contribution in [0.5, 0.6) is 5.75 Å². The van der Waals surface area contributed by atoms with Crippen molar-refractivity contribution in [2.24, 2.45) is 0 Å². The number of phenolic OH excluding ortho intramolecular Hbond substituents is 1. The van der Waals surface area contributed by atoms with Crippen molar-refractivity contribution in [3.63, 3.8) is 0 Å². The molecule has 1 saturated heterocycles. The summed E-state index contributed by atoms with van der Waals surface area (Å²) in [6.45, 7) is 1.89. The molecule has 1 aromatic carbocycles. The molecule has 0 bridgehead atoms. The molecule has 3 N–H and O–H groups in total. The number of alkyl halides is 3. The van der Waals surface area contributed by atoms with Gasteiger partial charge in [0.1, 0.15) is 11.4 Å². The molecule has 0 saturated carbocycles. The van der Waals surface area contributed by atoms with Crippen LogP contribution >= 0.6 is 0 Å². The van der Waals surface area contributed by atoms with Crippen LogP contribution in [0.15, 0.2) is 18.2 Å². The maximum Gasteiger partial charge on any atom is 0.416 e. The molecule has 4 rings (SSSR count). The normalized spacial score (nSPS) is 19.9. The van der Waals surface area contributed by atoms with Crippen molar-refractivity contribution in [3.05, 3.63) is 34.9 Å². The molecule has 1 aromatic heterocycles. The van der Waals surface area contributed by atoms with Gasteiger partial charge in [-0.3, -0.25) is 0 Å². The minimum absolute atomic E-state index is 0.291. The number of halogens is 3. The summed E-state index contributed by atoms with van der Waals surface area (Å²) in [5.74, 6) is 0.340. The van der Waals surface area contributed by atoms with Gasteiger partial charge in [-0.1, -0.05) is 0 Å². The number of aromatic hydroxyl groups is 1. The summed E-state index contributed by atoms with van der Waals surface area (Å²) in [4.78, 5) is 0. The summed E-state index contributed by atoms with van der Waals surface area (Å²) in [5.41, 5.74) is 1.94. The number of hydrogen-bond donors (Lipinski definition) is 3. The van der Waals surface area contributed by atoms with Crippen LogP contribution in [0, 0.1) is 0 Å². The molecule has 0 unspecified atom stereocenters. The highest BCUT2D eigenvalue weighted by Crippen LogP contribution is 2.39. The highest BCUT2D eigenvalue weighted by Gasteiger charge is 2.32. The van der Waals surface area contributed by atoms with E-state index in [-0.39, 0.29) is 0 Å². The van der Waals surface area contributed by atoms with Gasteiger partial charge in [0.2, 0.25) is 0 Å². The first-order valence-corrected chi connectivity index (χ1v) is 9.70. The van der Waals surface area contributed by atoms with E-state index in [0.717, 1.165) is 80.7 Å². The summed E-state index contributed by atoms with van der Waals surface area (Å²) in [7, 11) is 0. The third kappa shape index (κ3) is 3.78. The Labute approximate surface area is 161 Å². The van der Waals surface area contributed by atoms with Gasteiger partial charge in [0.05, 0.1) is 5.56 Å². The van der Waals surface area contributed by atoms with E-state index in [4.69, 9.17) is 0 Å². The zero-order valence-corrected chi connectivity index (χ0v) is 15.4. The van der Waals surface area contributed by atoms with Gasteiger partial charge in [-0.25, -0.2) is 0 Å². The summed E-state index contributed by atoms with van der Waals surface area (Å²) < 4.78 is 38.7. The standard InChI is InChI=1S/C20H23F3N4O/c21-20(22,23)12-7-8-16(17(28)10-12)18-14-5-1-2-6-15(14)19(27-26-18)25-13-4-3-9-24-11-13/h7-8,10,13,24,28H,1-6,9,11H2,(H,25,27)/t13-/m1/s1. The van der Waals surface area contributed by atoms with Crippen LogP contribution in [-0.2, 0) is 19.0 Å². The summed E-state index contributed by atoms with van der Waals surface area (Å²) in [6, 6.07) is 3.31. The van der Waals surface area contributed by atoms with Crippen molar-refractivity contribution < 1.29 is 18.3 Å². The molecule has 1 atom stereocenters. The maximum atomic E-state index is 12.9. The van der Waals surface area contributed by atoms with Crippen molar-refractivity contribution in [2.75, 3.05) is 18.4 Å². The lowest BCUT2D eigenvalue weighted by molar-refractivity contribution is -0.137. The smallest absolute Gasteiger partial charge is 0.416 e. The van der Waals surface area contributed by atoms with E-state index < -0.39 is 17.5 Å². The number of rotatable bonds is 3. The number of benzene rings is 1. The van der Waals surface area contributed by atoms with Gasteiger partial charge < -0.3 is 15.7 Å². The molecule has 8 heteroatoms. The summed E-state index contributed by atoms with van der Waals surface area (Å²) in [6.07, 6.45) is 1.31. The molecule has 1 aliphatic carbocycles. The molecule has 1 aliphatic heterocycles. The molecule has 2 aromatic rings. The van der Waals surface area contributed by atoms with Crippen molar-refractivity contribution in [2.45, 2.75) is 50.7 Å². The van der Waals surface area contributed by atoms with E-state index >= 15 is 0 Å². The molecule has 150 valence electrons. The average molecular weight is 392 g/mol. The lowest BCUT2D eigenvalue weighted by Gasteiger charge is -2.27. The monoisotopic (exact) mass is 392 g/mol. The van der Waals surface area contributed by atoms with Crippen molar-refractivity contribution in [1.82, 2.24) is 15.5 Å². The number of phenols is 1. The Morgan fingerprint density at radius 2 is 1.86 bits per heavy atom. The number of nitrogens with one attached hydrogen (secondary N) is 2. The zero-order chi connectivity index (χ0) is 19.7. The first kappa shape index (κ1) is 19.0. The van der Waals surface area contributed by atoms with Gasteiger partial charge in [-0.05, 0) is 68.8 Å². The molecule has 1 fully saturated rings. The Bertz CT molecular complexity index is 863. The fourth-order valence-corrected chi connectivity index (χ4v) is 4.06. The Hall–Kier alpha value is -2.35. The average Bonchev–Trinajstić information content (AvgIpc) is 2.69. The van der Waals surface area contributed by atoms with Crippen LogP contribution in [0.1, 0.15) is 42.4 Å². The van der Waals surface area contributed by atoms with Crippen LogP contribution in [0.2, 0.25) is 0 Å². The van der Waals surface area contributed by atoms with Crippen LogP contribution in [0.4, 0.5) is 19.0 Å². The van der Waals surface area contributed by atoms with Crippen LogP contribution in [0.25, 0.3) is 11.3 Å². The van der Waals surface area contributed by atoms with E-state index in [2.05, 4.69) is 20.8 Å². The third-order valence-electron chi connectivity index (χ3n) is 5.51. The second kappa shape index (κ2) is 7.58. The minimum Gasteiger partial charge on any atom is -0.507 e. The summed E-state index contributed by atoms with van der Waals surface area (Å²) in [5, 5.41) is 25.8. The fraction of sp³-hybridized carbons (Fsp3) is 0.500. The lowest BCUT2D eigenvalue weighted by atomic mass is 9.88. The van der Waals surface area contributed by atoms with E-state index in [9.17, 15) is 18.3 Å². The Morgan fingerprint density at radius 3 is 2.54 bits per heavy atom. The van der Waals surface area contributed by atoms with Crippen molar-refractivity contribution in [1.29, 1.82) is 0 Å². The quantitative estimate of drug-likeness (QED) is 0.739. The fourth-order valence-electron chi connectivity index (χ4n) is 4.06. The second-order valence-corrected chi connectivity index (χ2v) is 7.48. The van der Waals surface area contributed by atoms with E-state index in [0.29, 0.717) is 17.3 Å². The topological polar surface area (TPSA) is 70.1 Å². The van der Waals surface area contributed by atoms with Crippen molar-refractivity contribution >= 4 is 5.82 Å². The largest absolute Gasteiger partial charge is 0.507 e. The lowest BCUT2D eigenvalue weighted by Crippen LogP contribution is -2.39. The molecule has 5 nitrogen and oxygen atoms in total. The summed E-state index contributed by atoms with van der Waals surface area (Å²) >= 11 is 0. The van der Waals surface area contributed by atoms with Crippen molar-refractivity contribution in [3.8, 4) is 17.0 Å². The molecular weight excluding hydrogens is 369 g/mol. The van der Waals surface area contributed by atoms with E-state index in [1.807, 2.05) is 0 Å². The molecule has 28 heavy (non-hydrogen) atoms. The highest BCUT2D eigenvalue weighted by atomic mass is 19.4. The zero-order valence-electron chi connectivity index (χ0n) is 15.4. The van der Waals surface area contributed by atoms with Gasteiger partial charge in [0.25, 0.3) is 0 Å². The van der Waals surface area contributed by atoms with Gasteiger partial charge in [-0.15, -0.1) is 10.2 Å². The Morgan fingerprint density at radius 1 is 1.07 bits per heavy atom. The SMILES string of the molecule is Oc1cc(C(F)(F)F)ccc1-c1nnc(N[C@@H]2CCCNC2)c2c1CCCC2. The number of anilines is 1. The van der Waals surface area contributed by atoms with Crippen LogP contribution < -0.4 is 10.6 Å². The molecule has 0 radical (unpaired) electrons. The number of nitrogens with zero attached hydrogens (tertiary/aromatic N) is 2. The third-order valence-corrected chi connectivity index (χ3v) is 5.51. The van der Waals surface area contributed by atoms with Gasteiger partial charge in [-0.2, -0.15) is 13.2 Å². The number of piperidine rings is 1. The Balaban J connectivity index is 1.70. The second-order valence-electron chi connectivity index (χ2n) is 7.48. The first-order chi connectivity index (χ1) is 13.4. The predicted molar refractivity (Wildman–Crippen MR) is 100 cm³/mol. The predicted octanol–water partition coefficient (Wildman–Crippen LogP) is 3.91.